The number of aliphatic hydroxyl groups excluding tert-OH is 6. The predicted octanol–water partition coefficient (Wildman–Crippen LogP) is -2.23. The Labute approximate surface area is 220 Å². The molecule has 0 fully saturated rings. The Bertz CT molecular complexity index is 735. The number of hydrogen-bond donors (Lipinski definition) is 9. The van der Waals surface area contributed by atoms with Gasteiger partial charge in [0.15, 0.2) is 0 Å². The molecule has 1 rings (SSSR count). The van der Waals surface area contributed by atoms with Gasteiger partial charge in [-0.2, -0.15) is 0 Å². The quantitative estimate of drug-likeness (QED) is 0.0776. The predicted molar refractivity (Wildman–Crippen MR) is 136 cm³/mol. The van der Waals surface area contributed by atoms with Gasteiger partial charge < -0.3 is 47.0 Å². The van der Waals surface area contributed by atoms with Gasteiger partial charge in [-0.1, -0.05) is 22.6 Å². The van der Waals surface area contributed by atoms with Crippen molar-refractivity contribution in [2.24, 2.45) is 11.1 Å². The molecule has 0 aromatic rings. The summed E-state index contributed by atoms with van der Waals surface area (Å²) in [5.74, 6) is -1.44. The lowest BCUT2D eigenvalue weighted by Gasteiger charge is -2.42. The third-order valence-electron chi connectivity index (χ3n) is 4.64. The first-order chi connectivity index (χ1) is 14.5. The number of primary amides is 1. The minimum absolute atomic E-state index is 0.0910. The zero-order valence-corrected chi connectivity index (χ0v) is 22.7. The first-order valence-electron chi connectivity index (χ1n) is 9.10. The second-order valence-electron chi connectivity index (χ2n) is 6.92. The summed E-state index contributed by atoms with van der Waals surface area (Å²) in [5.41, 5.74) is 4.65. The number of nitrogens with one attached hydrogen (secondary N) is 2. The van der Waals surface area contributed by atoms with Crippen molar-refractivity contribution >= 4 is 79.6 Å². The molecular weight excluding hydrogens is 755 g/mol. The highest BCUT2D eigenvalue weighted by molar-refractivity contribution is 14.1. The molecule has 11 nitrogen and oxygen atoms in total. The molecule has 31 heavy (non-hydrogen) atoms. The third kappa shape index (κ3) is 6.84. The van der Waals surface area contributed by atoms with Crippen molar-refractivity contribution in [3.05, 3.63) is 18.4 Å². The van der Waals surface area contributed by atoms with Crippen molar-refractivity contribution in [2.75, 3.05) is 32.9 Å². The number of aliphatic hydroxyl groups is 6. The van der Waals surface area contributed by atoms with Gasteiger partial charge in [0.25, 0.3) is 0 Å². The van der Waals surface area contributed by atoms with Crippen LogP contribution in [0.15, 0.2) is 18.4 Å². The number of amides is 2. The van der Waals surface area contributed by atoms with Crippen molar-refractivity contribution < 1.29 is 40.2 Å². The Hall–Kier alpha value is 0.170. The lowest BCUT2D eigenvalue weighted by molar-refractivity contribution is -0.127. The molecule has 1 aliphatic carbocycles. The molecule has 5 unspecified atom stereocenters. The molecule has 0 radical (unpaired) electrons. The number of rotatable bonds is 12. The number of carbonyl (C=O) groups excluding carboxylic acids is 2. The lowest BCUT2D eigenvalue weighted by Crippen LogP contribution is -2.53. The van der Waals surface area contributed by atoms with Crippen LogP contribution in [0.3, 0.4) is 0 Å². The largest absolute Gasteiger partial charge is 0.394 e. The number of halogens is 3. The van der Waals surface area contributed by atoms with Crippen LogP contribution in [0.5, 0.6) is 0 Å². The van der Waals surface area contributed by atoms with Crippen LogP contribution >= 0.6 is 67.8 Å². The van der Waals surface area contributed by atoms with Crippen LogP contribution in [-0.4, -0.2) is 97.6 Å². The Balaban J connectivity index is 3.57. The molecule has 5 atom stereocenters. The molecule has 10 N–H and O–H groups in total. The molecule has 0 spiro atoms. The highest BCUT2D eigenvalue weighted by Crippen LogP contribution is 2.53. The van der Waals surface area contributed by atoms with E-state index in [1.54, 1.807) is 0 Å². The maximum absolute atomic E-state index is 13.0. The number of nitrogens with two attached hydrogens (primary N) is 1. The molecule has 14 heteroatoms. The van der Waals surface area contributed by atoms with E-state index in [-0.39, 0.29) is 25.1 Å². The van der Waals surface area contributed by atoms with Crippen LogP contribution in [0.4, 0.5) is 0 Å². The second-order valence-corrected chi connectivity index (χ2v) is 10.3. The fourth-order valence-corrected chi connectivity index (χ4v) is 8.36. The molecule has 0 saturated heterocycles. The van der Waals surface area contributed by atoms with Gasteiger partial charge in [0.2, 0.25) is 11.8 Å². The summed E-state index contributed by atoms with van der Waals surface area (Å²) in [5, 5.41) is 62.3. The van der Waals surface area contributed by atoms with Crippen molar-refractivity contribution in [1.29, 1.82) is 0 Å². The minimum Gasteiger partial charge on any atom is -0.394 e. The normalized spacial score (nSPS) is 24.6. The molecule has 1 aliphatic rings. The molecule has 178 valence electrons. The number of hydrogen-bond acceptors (Lipinski definition) is 9. The van der Waals surface area contributed by atoms with Crippen LogP contribution in [0.1, 0.15) is 6.42 Å². The summed E-state index contributed by atoms with van der Waals surface area (Å²) in [6.07, 6.45) is -3.85. The van der Waals surface area contributed by atoms with Crippen LogP contribution in [0, 0.1) is 5.41 Å². The van der Waals surface area contributed by atoms with Crippen molar-refractivity contribution in [2.45, 2.75) is 28.7 Å². The molecular formula is C17H26I3N3O8. The first-order valence-corrected chi connectivity index (χ1v) is 12.5. The average molecular weight is 781 g/mol. The Kier molecular flexibility index (Phi) is 12.4. The summed E-state index contributed by atoms with van der Waals surface area (Å²) in [7, 11) is 0. The number of carbonyl (C=O) groups is 2. The standard InChI is InChI=1S/C17H26I3N3O8/c18-11-10(15(30)23-3-9(29)6-26)13(19)17(16(21)31,1-7(27)4-24)14(20)12(11)22-2-8(28)5-25/h7-9,13,22,24-29H,1-6H2,(H2,21,31)(H,23,30). The van der Waals surface area contributed by atoms with Gasteiger partial charge in [0, 0.05) is 25.8 Å². The fourth-order valence-electron chi connectivity index (χ4n) is 2.91. The van der Waals surface area contributed by atoms with Crippen molar-refractivity contribution in [1.82, 2.24) is 10.6 Å². The average Bonchev–Trinajstić information content (AvgIpc) is 2.73. The van der Waals surface area contributed by atoms with Crippen molar-refractivity contribution in [3.63, 3.8) is 0 Å². The zero-order chi connectivity index (χ0) is 23.9. The summed E-state index contributed by atoms with van der Waals surface area (Å²) in [6.45, 7) is -2.02. The Morgan fingerprint density at radius 1 is 1.00 bits per heavy atom. The highest BCUT2D eigenvalue weighted by Gasteiger charge is 2.54. The van der Waals surface area contributed by atoms with Crippen LogP contribution in [-0.2, 0) is 9.59 Å². The summed E-state index contributed by atoms with van der Waals surface area (Å²) < 4.78 is -0.0499. The van der Waals surface area contributed by atoms with Gasteiger partial charge in [-0.25, -0.2) is 0 Å². The van der Waals surface area contributed by atoms with E-state index < -0.39 is 59.3 Å². The van der Waals surface area contributed by atoms with E-state index in [0.29, 0.717) is 12.9 Å². The van der Waals surface area contributed by atoms with Gasteiger partial charge in [0.05, 0.1) is 47.8 Å². The molecule has 0 aliphatic heterocycles. The van der Waals surface area contributed by atoms with E-state index in [4.69, 9.17) is 15.9 Å². The van der Waals surface area contributed by atoms with E-state index in [1.165, 1.54) is 0 Å². The van der Waals surface area contributed by atoms with Gasteiger partial charge in [-0.3, -0.25) is 9.59 Å². The molecule has 0 aromatic heterocycles. The maximum Gasteiger partial charge on any atom is 0.249 e. The van der Waals surface area contributed by atoms with Crippen LogP contribution in [0.2, 0.25) is 0 Å². The zero-order valence-electron chi connectivity index (χ0n) is 16.3. The maximum atomic E-state index is 13.0. The summed E-state index contributed by atoms with van der Waals surface area (Å²) in [4.78, 5) is 25.7. The molecule has 0 heterocycles. The van der Waals surface area contributed by atoms with E-state index in [0.717, 1.165) is 0 Å². The SMILES string of the molecule is NC(=O)C1(CC(O)CO)C(I)=C(NCC(O)CO)C(I)=C(C(=O)NCC(O)CO)C1I. The molecule has 0 saturated carbocycles. The van der Waals surface area contributed by atoms with Crippen LogP contribution < -0.4 is 16.4 Å². The van der Waals surface area contributed by atoms with Gasteiger partial charge in [-0.15, -0.1) is 0 Å². The van der Waals surface area contributed by atoms with E-state index in [1.807, 2.05) is 67.8 Å². The van der Waals surface area contributed by atoms with E-state index in [9.17, 15) is 30.0 Å². The van der Waals surface area contributed by atoms with Crippen LogP contribution in [0.25, 0.3) is 0 Å². The number of alkyl halides is 1. The fraction of sp³-hybridized carbons (Fsp3) is 0.647. The molecule has 0 bridgehead atoms. The lowest BCUT2D eigenvalue weighted by atomic mass is 9.72. The van der Waals surface area contributed by atoms with Gasteiger partial charge >= 0.3 is 0 Å². The topological polar surface area (TPSA) is 206 Å². The van der Waals surface area contributed by atoms with E-state index in [2.05, 4.69) is 10.6 Å². The summed E-state index contributed by atoms with van der Waals surface area (Å²) in [6, 6.07) is 0. The highest BCUT2D eigenvalue weighted by atomic mass is 127. The van der Waals surface area contributed by atoms with Gasteiger partial charge in [-0.05, 0) is 51.6 Å². The first kappa shape index (κ1) is 29.2. The van der Waals surface area contributed by atoms with E-state index >= 15 is 0 Å². The minimum atomic E-state index is -1.56. The summed E-state index contributed by atoms with van der Waals surface area (Å²) >= 11 is 5.68. The molecule has 2 amide bonds. The smallest absolute Gasteiger partial charge is 0.249 e. The van der Waals surface area contributed by atoms with Crippen molar-refractivity contribution in [3.8, 4) is 0 Å². The Morgan fingerprint density at radius 2 is 1.52 bits per heavy atom. The Morgan fingerprint density at radius 3 is 2.00 bits per heavy atom. The monoisotopic (exact) mass is 781 g/mol. The molecule has 0 aromatic carbocycles. The second kappa shape index (κ2) is 13.2. The third-order valence-corrected chi connectivity index (χ3v) is 8.95. The number of allylic oxidation sites excluding steroid dienone is 1. The van der Waals surface area contributed by atoms with Gasteiger partial charge in [0.1, 0.15) is 5.41 Å².